The number of ether oxygens (including phenoxy) is 1. The molecule has 0 saturated heterocycles. The highest BCUT2D eigenvalue weighted by Gasteiger charge is 2.20. The second-order valence-electron chi connectivity index (χ2n) is 5.87. The molecule has 0 atom stereocenters. The number of nitrogens with zero attached hydrogens (tertiary/aromatic N) is 1. The van der Waals surface area contributed by atoms with Crippen molar-refractivity contribution in [2.24, 2.45) is 0 Å². The van der Waals surface area contributed by atoms with Gasteiger partial charge in [0, 0.05) is 6.92 Å². The van der Waals surface area contributed by atoms with Gasteiger partial charge in [0.15, 0.2) is 0 Å². The van der Waals surface area contributed by atoms with Gasteiger partial charge >= 0.3 is 0 Å². The fraction of sp³-hybridized carbons (Fsp3) is 0.316. The van der Waals surface area contributed by atoms with Crippen molar-refractivity contribution in [1.29, 1.82) is 0 Å². The molecule has 3 rings (SSSR count). The number of fused-ring (bicyclic) bond motifs is 3. The molecule has 120 valence electrons. The zero-order chi connectivity index (χ0) is 16.4. The van der Waals surface area contributed by atoms with Gasteiger partial charge < -0.3 is 4.74 Å². The quantitative estimate of drug-likeness (QED) is 0.437. The van der Waals surface area contributed by atoms with Gasteiger partial charge in [-0.15, -0.1) is 0 Å². The maximum atomic E-state index is 11.3. The van der Waals surface area contributed by atoms with Gasteiger partial charge in [0.2, 0.25) is 5.91 Å². The van der Waals surface area contributed by atoms with Crippen molar-refractivity contribution >= 4 is 11.6 Å². The van der Waals surface area contributed by atoms with Crippen LogP contribution in [0.3, 0.4) is 0 Å². The zero-order valence-electron chi connectivity index (χ0n) is 13.5. The maximum Gasteiger partial charge on any atom is 0.247 e. The van der Waals surface area contributed by atoms with Gasteiger partial charge in [0.25, 0.3) is 0 Å². The molecular weight excluding hydrogens is 290 g/mol. The molecule has 0 saturated carbocycles. The number of benzene rings is 2. The number of unbranched alkanes of at least 4 members (excludes halogenated alkanes) is 1. The van der Waals surface area contributed by atoms with Gasteiger partial charge in [-0.25, -0.2) is 0 Å². The predicted octanol–water partition coefficient (Wildman–Crippen LogP) is 4.18. The summed E-state index contributed by atoms with van der Waals surface area (Å²) in [7, 11) is 0. The molecule has 2 aromatic rings. The van der Waals surface area contributed by atoms with Crippen LogP contribution in [-0.4, -0.2) is 17.7 Å². The van der Waals surface area contributed by atoms with E-state index in [4.69, 9.17) is 4.74 Å². The minimum Gasteiger partial charge on any atom is -0.494 e. The van der Waals surface area contributed by atoms with E-state index in [9.17, 15) is 10.0 Å². The lowest BCUT2D eigenvalue weighted by atomic mass is 10.1. The third-order valence-electron chi connectivity index (χ3n) is 4.15. The van der Waals surface area contributed by atoms with E-state index in [1.54, 1.807) is 6.07 Å². The number of anilines is 1. The highest BCUT2D eigenvalue weighted by molar-refractivity contribution is 5.90. The average Bonchev–Trinajstić information content (AvgIpc) is 2.91. The predicted molar refractivity (Wildman–Crippen MR) is 90.0 cm³/mol. The summed E-state index contributed by atoms with van der Waals surface area (Å²) in [6.07, 6.45) is 2.96. The first-order valence-corrected chi connectivity index (χ1v) is 7.98. The molecule has 0 unspecified atom stereocenters. The normalized spacial score (nSPS) is 11.8. The average molecular weight is 311 g/mol. The van der Waals surface area contributed by atoms with Crippen molar-refractivity contribution in [3.8, 4) is 16.9 Å². The van der Waals surface area contributed by atoms with Crippen LogP contribution in [0, 0.1) is 0 Å². The largest absolute Gasteiger partial charge is 0.494 e. The molecule has 0 spiro atoms. The Kier molecular flexibility index (Phi) is 4.35. The third kappa shape index (κ3) is 3.08. The van der Waals surface area contributed by atoms with Crippen molar-refractivity contribution in [2.45, 2.75) is 33.1 Å². The molecule has 2 aromatic carbocycles. The van der Waals surface area contributed by atoms with E-state index < -0.39 is 5.91 Å². The molecule has 23 heavy (non-hydrogen) atoms. The SMILES string of the molecule is CCCCOc1ccc2c(c1)Cc1cc(N(O)C(C)=O)ccc1-2. The van der Waals surface area contributed by atoms with Crippen LogP contribution in [0.5, 0.6) is 5.75 Å². The smallest absolute Gasteiger partial charge is 0.247 e. The maximum absolute atomic E-state index is 11.3. The molecule has 0 aromatic heterocycles. The van der Waals surface area contributed by atoms with Gasteiger partial charge in [-0.2, -0.15) is 5.06 Å². The van der Waals surface area contributed by atoms with Crippen LogP contribution in [0.1, 0.15) is 37.8 Å². The number of carbonyl (C=O) groups is 1. The number of carbonyl (C=O) groups excluding carboxylic acids is 1. The molecular formula is C19H21NO3. The Morgan fingerprint density at radius 1 is 1.17 bits per heavy atom. The second-order valence-corrected chi connectivity index (χ2v) is 5.87. The first kappa shape index (κ1) is 15.6. The highest BCUT2D eigenvalue weighted by Crippen LogP contribution is 2.39. The van der Waals surface area contributed by atoms with Gasteiger partial charge in [-0.1, -0.05) is 25.5 Å². The minimum absolute atomic E-state index is 0.396. The Labute approximate surface area is 136 Å². The molecule has 0 bridgehead atoms. The van der Waals surface area contributed by atoms with E-state index in [0.29, 0.717) is 10.8 Å². The van der Waals surface area contributed by atoms with Crippen LogP contribution in [0.15, 0.2) is 36.4 Å². The number of amides is 1. The van der Waals surface area contributed by atoms with Crippen molar-refractivity contribution in [3.05, 3.63) is 47.5 Å². The number of hydrogen-bond donors (Lipinski definition) is 1. The Morgan fingerprint density at radius 3 is 2.57 bits per heavy atom. The van der Waals surface area contributed by atoms with E-state index in [2.05, 4.69) is 19.1 Å². The minimum atomic E-state index is -0.396. The molecule has 0 fully saturated rings. The summed E-state index contributed by atoms with van der Waals surface area (Å²) < 4.78 is 5.77. The summed E-state index contributed by atoms with van der Waals surface area (Å²) in [5.41, 5.74) is 5.19. The lowest BCUT2D eigenvalue weighted by Gasteiger charge is -2.13. The lowest BCUT2D eigenvalue weighted by Crippen LogP contribution is -2.23. The summed E-state index contributed by atoms with van der Waals surface area (Å²) in [5.74, 6) is 0.504. The van der Waals surface area contributed by atoms with Gasteiger partial charge in [0.05, 0.1) is 12.3 Å². The molecule has 0 radical (unpaired) electrons. The van der Waals surface area contributed by atoms with Crippen molar-refractivity contribution in [1.82, 2.24) is 0 Å². The summed E-state index contributed by atoms with van der Waals surface area (Å²) in [6, 6.07) is 11.8. The Hall–Kier alpha value is -2.33. The third-order valence-corrected chi connectivity index (χ3v) is 4.15. The molecule has 1 amide bonds. The Bertz CT molecular complexity index is 739. The van der Waals surface area contributed by atoms with E-state index in [0.717, 1.165) is 42.7 Å². The van der Waals surface area contributed by atoms with Gasteiger partial charge in [-0.3, -0.25) is 10.0 Å². The Balaban J connectivity index is 1.84. The van der Waals surface area contributed by atoms with Crippen molar-refractivity contribution < 1.29 is 14.7 Å². The van der Waals surface area contributed by atoms with Crippen LogP contribution in [0.4, 0.5) is 5.69 Å². The van der Waals surface area contributed by atoms with Crippen molar-refractivity contribution in [2.75, 3.05) is 11.7 Å². The number of rotatable bonds is 5. The van der Waals surface area contributed by atoms with Crippen LogP contribution in [0.25, 0.3) is 11.1 Å². The van der Waals surface area contributed by atoms with E-state index in [1.807, 2.05) is 18.2 Å². The lowest BCUT2D eigenvalue weighted by molar-refractivity contribution is -0.121. The van der Waals surface area contributed by atoms with Crippen LogP contribution in [0.2, 0.25) is 0 Å². The van der Waals surface area contributed by atoms with E-state index in [1.165, 1.54) is 18.1 Å². The molecule has 4 heteroatoms. The highest BCUT2D eigenvalue weighted by atomic mass is 16.5. The van der Waals surface area contributed by atoms with Crippen molar-refractivity contribution in [3.63, 3.8) is 0 Å². The molecule has 0 aliphatic heterocycles. The fourth-order valence-corrected chi connectivity index (χ4v) is 2.91. The molecule has 1 aliphatic rings. The second kappa shape index (κ2) is 6.42. The standard InChI is InChI=1S/C19H21NO3/c1-3-4-9-23-17-6-8-19-15(12-17)10-14-11-16(5-7-18(14)19)20(22)13(2)21/h5-8,11-12,22H,3-4,9-10H2,1-2H3. The topological polar surface area (TPSA) is 49.8 Å². The zero-order valence-corrected chi connectivity index (χ0v) is 13.5. The van der Waals surface area contributed by atoms with E-state index in [-0.39, 0.29) is 0 Å². The summed E-state index contributed by atoms with van der Waals surface area (Å²) >= 11 is 0. The summed E-state index contributed by atoms with van der Waals surface area (Å²) in [6.45, 7) is 4.22. The number of hydroxylamine groups is 1. The Morgan fingerprint density at radius 2 is 1.87 bits per heavy atom. The molecule has 4 nitrogen and oxygen atoms in total. The summed E-state index contributed by atoms with van der Waals surface area (Å²) in [4.78, 5) is 11.3. The van der Waals surface area contributed by atoms with Crippen LogP contribution < -0.4 is 9.80 Å². The first-order chi connectivity index (χ1) is 11.1. The monoisotopic (exact) mass is 311 g/mol. The molecule has 1 aliphatic carbocycles. The molecule has 0 heterocycles. The van der Waals surface area contributed by atoms with Crippen LogP contribution >= 0.6 is 0 Å². The summed E-state index contributed by atoms with van der Waals surface area (Å²) in [5, 5.41) is 10.5. The van der Waals surface area contributed by atoms with Gasteiger partial charge in [-0.05, 0) is 59.4 Å². The number of hydrogen-bond acceptors (Lipinski definition) is 3. The van der Waals surface area contributed by atoms with E-state index >= 15 is 0 Å². The van der Waals surface area contributed by atoms with Crippen LogP contribution in [-0.2, 0) is 11.2 Å². The first-order valence-electron chi connectivity index (χ1n) is 7.98. The molecule has 1 N–H and O–H groups in total. The van der Waals surface area contributed by atoms with Gasteiger partial charge in [0.1, 0.15) is 5.75 Å². The fourth-order valence-electron chi connectivity index (χ4n) is 2.91.